The Hall–Kier alpha value is -1.39. The van der Waals surface area contributed by atoms with Crippen molar-refractivity contribution in [3.8, 4) is 0 Å². The maximum atomic E-state index is 9.42. The van der Waals surface area contributed by atoms with Crippen LogP contribution in [0.25, 0.3) is 0 Å². The van der Waals surface area contributed by atoms with E-state index in [0.29, 0.717) is 0 Å². The van der Waals surface area contributed by atoms with Crippen LogP contribution in [0.5, 0.6) is 0 Å². The normalized spacial score (nSPS) is 10.5. The quantitative estimate of drug-likeness (QED) is 0.939. The van der Waals surface area contributed by atoms with E-state index in [1.54, 1.807) is 6.20 Å². The van der Waals surface area contributed by atoms with Crippen LogP contribution in [0.2, 0.25) is 0 Å². The van der Waals surface area contributed by atoms with Crippen molar-refractivity contribution < 1.29 is 5.11 Å². The highest BCUT2D eigenvalue weighted by Gasteiger charge is 2.10. The first kappa shape index (κ1) is 14.0. The Bertz CT molecular complexity index is 572. The molecular weight excluding hydrogens is 304 g/mol. The molecule has 0 spiro atoms. The lowest BCUT2D eigenvalue weighted by atomic mass is 10.1. The third kappa shape index (κ3) is 3.33. The highest BCUT2D eigenvalue weighted by atomic mass is 79.9. The van der Waals surface area contributed by atoms with Crippen molar-refractivity contribution in [2.75, 3.05) is 11.9 Å². The van der Waals surface area contributed by atoms with Crippen LogP contribution in [0.4, 0.5) is 5.82 Å². The van der Waals surface area contributed by atoms with Gasteiger partial charge < -0.3 is 10.0 Å². The van der Waals surface area contributed by atoms with Crippen molar-refractivity contribution in [2.24, 2.45) is 0 Å². The third-order valence-corrected chi connectivity index (χ3v) is 3.54. The monoisotopic (exact) mass is 320 g/mol. The third-order valence-electron chi connectivity index (χ3n) is 3.11. The zero-order valence-corrected chi connectivity index (χ0v) is 12.7. The lowest BCUT2D eigenvalue weighted by Gasteiger charge is -2.21. The summed E-state index contributed by atoms with van der Waals surface area (Å²) in [7, 11) is 1.99. The molecule has 0 fully saturated rings. The van der Waals surface area contributed by atoms with Gasteiger partial charge in [0, 0.05) is 29.8 Å². The molecule has 0 radical (unpaired) electrons. The van der Waals surface area contributed by atoms with Gasteiger partial charge >= 0.3 is 0 Å². The summed E-state index contributed by atoms with van der Waals surface area (Å²) in [5.74, 6) is 0.814. The molecular formula is C15H17BrN2O. The van der Waals surface area contributed by atoms with Crippen LogP contribution in [0.1, 0.15) is 16.7 Å². The van der Waals surface area contributed by atoms with Gasteiger partial charge in [-0.1, -0.05) is 24.3 Å². The zero-order valence-electron chi connectivity index (χ0n) is 11.1. The van der Waals surface area contributed by atoms with Crippen molar-refractivity contribution in [3.05, 3.63) is 57.7 Å². The number of halogens is 1. The number of aryl methyl sites for hydroxylation is 1. The first-order valence-corrected chi connectivity index (χ1v) is 6.92. The number of benzene rings is 1. The van der Waals surface area contributed by atoms with Gasteiger partial charge in [-0.05, 0) is 40.0 Å². The number of aliphatic hydroxyl groups excluding tert-OH is 1. The highest BCUT2D eigenvalue weighted by Crippen LogP contribution is 2.22. The van der Waals surface area contributed by atoms with E-state index in [1.165, 1.54) is 11.1 Å². The Kier molecular flexibility index (Phi) is 4.56. The van der Waals surface area contributed by atoms with Gasteiger partial charge in [-0.25, -0.2) is 4.98 Å². The van der Waals surface area contributed by atoms with Gasteiger partial charge in [-0.15, -0.1) is 0 Å². The van der Waals surface area contributed by atoms with Crippen molar-refractivity contribution in [1.82, 2.24) is 4.98 Å². The Balaban J connectivity index is 2.25. The molecule has 0 aliphatic rings. The van der Waals surface area contributed by atoms with Gasteiger partial charge in [0.2, 0.25) is 0 Å². The molecule has 100 valence electrons. The van der Waals surface area contributed by atoms with E-state index in [9.17, 15) is 5.11 Å². The smallest absolute Gasteiger partial charge is 0.134 e. The van der Waals surface area contributed by atoms with E-state index in [1.807, 2.05) is 25.2 Å². The SMILES string of the molecule is Cc1ccccc1CN(C)c1ncc(Br)cc1CO. The Morgan fingerprint density at radius 1 is 1.26 bits per heavy atom. The van der Waals surface area contributed by atoms with Crippen LogP contribution in [0.3, 0.4) is 0 Å². The van der Waals surface area contributed by atoms with E-state index >= 15 is 0 Å². The molecule has 4 heteroatoms. The van der Waals surface area contributed by atoms with Gasteiger partial charge in [-0.3, -0.25) is 0 Å². The minimum atomic E-state index is -0.0140. The van der Waals surface area contributed by atoms with Crippen LogP contribution in [-0.2, 0) is 13.2 Å². The van der Waals surface area contributed by atoms with E-state index in [4.69, 9.17) is 0 Å². The molecule has 2 aromatic rings. The molecule has 0 atom stereocenters. The van der Waals surface area contributed by atoms with Gasteiger partial charge in [-0.2, -0.15) is 0 Å². The fraction of sp³-hybridized carbons (Fsp3) is 0.267. The summed E-state index contributed by atoms with van der Waals surface area (Å²) >= 11 is 3.37. The van der Waals surface area contributed by atoms with Crippen LogP contribution in [-0.4, -0.2) is 17.1 Å². The first-order valence-electron chi connectivity index (χ1n) is 6.12. The van der Waals surface area contributed by atoms with Gasteiger partial charge in [0.05, 0.1) is 6.61 Å². The molecule has 0 saturated carbocycles. The second-order valence-corrected chi connectivity index (χ2v) is 5.49. The number of aromatic nitrogens is 1. The molecule has 0 amide bonds. The van der Waals surface area contributed by atoms with Gasteiger partial charge in [0.25, 0.3) is 0 Å². The number of rotatable bonds is 4. The second-order valence-electron chi connectivity index (χ2n) is 4.58. The van der Waals surface area contributed by atoms with E-state index in [2.05, 4.69) is 44.9 Å². The molecule has 1 aromatic carbocycles. The molecule has 3 nitrogen and oxygen atoms in total. The Morgan fingerprint density at radius 2 is 2.00 bits per heavy atom. The lowest BCUT2D eigenvalue weighted by molar-refractivity contribution is 0.281. The molecule has 0 aliphatic heterocycles. The molecule has 0 saturated heterocycles. The summed E-state index contributed by atoms with van der Waals surface area (Å²) in [6.07, 6.45) is 1.75. The highest BCUT2D eigenvalue weighted by molar-refractivity contribution is 9.10. The van der Waals surface area contributed by atoms with Gasteiger partial charge in [0.1, 0.15) is 5.82 Å². The number of aliphatic hydroxyl groups is 1. The molecule has 0 bridgehead atoms. The second kappa shape index (κ2) is 6.17. The summed E-state index contributed by atoms with van der Waals surface area (Å²) in [6, 6.07) is 10.2. The van der Waals surface area contributed by atoms with Crippen LogP contribution >= 0.6 is 15.9 Å². The summed E-state index contributed by atoms with van der Waals surface area (Å²) in [6.45, 7) is 2.86. The number of hydrogen-bond donors (Lipinski definition) is 1. The maximum Gasteiger partial charge on any atom is 0.134 e. The summed E-state index contributed by atoms with van der Waals surface area (Å²) in [5.41, 5.74) is 3.35. The molecule has 2 rings (SSSR count). The van der Waals surface area contributed by atoms with Crippen LogP contribution in [0, 0.1) is 6.92 Å². The number of hydrogen-bond acceptors (Lipinski definition) is 3. The summed E-state index contributed by atoms with van der Waals surface area (Å²) in [5, 5.41) is 9.42. The average Bonchev–Trinajstić information content (AvgIpc) is 2.41. The Labute approximate surface area is 122 Å². The molecule has 0 unspecified atom stereocenters. The fourth-order valence-corrected chi connectivity index (χ4v) is 2.43. The topological polar surface area (TPSA) is 36.4 Å². The van der Waals surface area contributed by atoms with E-state index in [0.717, 1.165) is 22.4 Å². The zero-order chi connectivity index (χ0) is 13.8. The summed E-state index contributed by atoms with van der Waals surface area (Å²) < 4.78 is 0.879. The first-order chi connectivity index (χ1) is 9.11. The van der Waals surface area contributed by atoms with Crippen molar-refractivity contribution >= 4 is 21.7 Å². The van der Waals surface area contributed by atoms with Crippen LogP contribution < -0.4 is 4.90 Å². The van der Waals surface area contributed by atoms with Crippen molar-refractivity contribution in [2.45, 2.75) is 20.1 Å². The van der Waals surface area contributed by atoms with Crippen LogP contribution in [0.15, 0.2) is 41.0 Å². The summed E-state index contributed by atoms with van der Waals surface area (Å²) in [4.78, 5) is 6.45. The number of anilines is 1. The average molecular weight is 321 g/mol. The Morgan fingerprint density at radius 3 is 2.68 bits per heavy atom. The predicted molar refractivity (Wildman–Crippen MR) is 81.1 cm³/mol. The molecule has 0 aliphatic carbocycles. The lowest BCUT2D eigenvalue weighted by Crippen LogP contribution is -2.20. The number of pyridine rings is 1. The van der Waals surface area contributed by atoms with Gasteiger partial charge in [0.15, 0.2) is 0 Å². The van der Waals surface area contributed by atoms with E-state index < -0.39 is 0 Å². The molecule has 1 aromatic heterocycles. The van der Waals surface area contributed by atoms with E-state index in [-0.39, 0.29) is 6.61 Å². The number of nitrogens with zero attached hydrogens (tertiary/aromatic N) is 2. The molecule has 1 heterocycles. The minimum absolute atomic E-state index is 0.0140. The van der Waals surface area contributed by atoms with Crippen molar-refractivity contribution in [1.29, 1.82) is 0 Å². The fourth-order valence-electron chi connectivity index (χ4n) is 2.05. The molecule has 1 N–H and O–H groups in total. The largest absolute Gasteiger partial charge is 0.392 e. The minimum Gasteiger partial charge on any atom is -0.392 e. The maximum absolute atomic E-state index is 9.42. The predicted octanol–water partition coefficient (Wildman–Crippen LogP) is 3.28. The van der Waals surface area contributed by atoms with Crippen molar-refractivity contribution in [3.63, 3.8) is 0 Å². The molecule has 19 heavy (non-hydrogen) atoms. The standard InChI is InChI=1S/C15H17BrN2O/c1-11-5-3-4-6-12(11)9-18(2)15-13(10-19)7-14(16)8-17-15/h3-8,19H,9-10H2,1-2H3.